The Labute approximate surface area is 232 Å². The molecule has 38 heavy (non-hydrogen) atoms. The van der Waals surface area contributed by atoms with Crippen molar-refractivity contribution in [3.8, 4) is 11.5 Å². The Balaban J connectivity index is 1.25. The van der Waals surface area contributed by atoms with E-state index in [0.717, 1.165) is 56.0 Å². The number of thioether (sulfide) groups is 1. The van der Waals surface area contributed by atoms with Gasteiger partial charge >= 0.3 is 0 Å². The van der Waals surface area contributed by atoms with Crippen molar-refractivity contribution in [2.24, 2.45) is 11.8 Å². The number of H-pyrrole nitrogens is 1. The third-order valence-corrected chi connectivity index (χ3v) is 9.17. The lowest BCUT2D eigenvalue weighted by Gasteiger charge is -2.38. The van der Waals surface area contributed by atoms with Gasteiger partial charge in [-0.05, 0) is 70.4 Å². The van der Waals surface area contributed by atoms with Crippen molar-refractivity contribution >= 4 is 29.3 Å². The van der Waals surface area contributed by atoms with Gasteiger partial charge in [-0.3, -0.25) is 9.59 Å². The number of pyridine rings is 1. The number of aryl methyl sites for hydroxylation is 1. The van der Waals surface area contributed by atoms with Crippen LogP contribution < -0.4 is 25.7 Å². The molecule has 3 aliphatic rings. The van der Waals surface area contributed by atoms with Gasteiger partial charge in [0.25, 0.3) is 17.3 Å². The fourth-order valence-corrected chi connectivity index (χ4v) is 6.57. The Morgan fingerprint density at radius 3 is 2.53 bits per heavy atom. The lowest BCUT2D eigenvalue weighted by molar-refractivity contribution is -0.123. The van der Waals surface area contributed by atoms with E-state index in [1.165, 1.54) is 11.8 Å². The van der Waals surface area contributed by atoms with Crippen molar-refractivity contribution in [3.05, 3.63) is 49.9 Å². The number of carbonyl (C=O) groups is 1. The second-order valence-corrected chi connectivity index (χ2v) is 12.0. The average Bonchev–Trinajstić information content (AvgIpc) is 3.24. The molecule has 1 saturated carbocycles. The lowest BCUT2D eigenvalue weighted by atomic mass is 9.78. The molecule has 206 valence electrons. The number of rotatable bonds is 8. The molecule has 0 bridgehead atoms. The fraction of sp³-hybridized carbons (Fsp3) is 0.571. The number of carbonyl (C=O) groups excluding carboxylic acids is 1. The molecule has 1 amide bonds. The van der Waals surface area contributed by atoms with Gasteiger partial charge in [-0.1, -0.05) is 11.6 Å². The molecule has 0 radical (unpaired) electrons. The Hall–Kier alpha value is -2.20. The Morgan fingerprint density at radius 1 is 1.16 bits per heavy atom. The number of benzene rings is 1. The lowest BCUT2D eigenvalue weighted by Crippen LogP contribution is -2.49. The van der Waals surface area contributed by atoms with E-state index in [1.807, 2.05) is 33.1 Å². The van der Waals surface area contributed by atoms with Gasteiger partial charge in [-0.2, -0.15) is 0 Å². The number of aromatic amines is 1. The molecular weight excluding hydrogens is 526 g/mol. The van der Waals surface area contributed by atoms with E-state index in [2.05, 4.69) is 15.6 Å². The van der Waals surface area contributed by atoms with Crippen molar-refractivity contribution in [1.29, 1.82) is 0 Å². The van der Waals surface area contributed by atoms with Crippen LogP contribution in [0.4, 0.5) is 0 Å². The molecule has 1 aliphatic carbocycles. The van der Waals surface area contributed by atoms with Crippen molar-refractivity contribution in [1.82, 2.24) is 15.6 Å². The maximum absolute atomic E-state index is 13.2. The van der Waals surface area contributed by atoms with Crippen LogP contribution in [0.1, 0.15) is 59.8 Å². The second kappa shape index (κ2) is 11.1. The van der Waals surface area contributed by atoms with E-state index >= 15 is 0 Å². The van der Waals surface area contributed by atoms with Crippen LogP contribution in [-0.2, 0) is 11.3 Å². The molecule has 2 fully saturated rings. The maximum atomic E-state index is 13.2. The minimum atomic E-state index is -0.825. The molecule has 1 atom stereocenters. The number of nitrogens with one attached hydrogen (secondary N) is 3. The Kier molecular flexibility index (Phi) is 8.01. The van der Waals surface area contributed by atoms with Gasteiger partial charge in [0.05, 0.1) is 24.3 Å². The van der Waals surface area contributed by atoms with Crippen LogP contribution >= 0.6 is 23.4 Å². The summed E-state index contributed by atoms with van der Waals surface area (Å²) in [5.74, 6) is 0.750. The molecule has 5 rings (SSSR count). The number of ether oxygens (including phenoxy) is 3. The fourth-order valence-electron chi connectivity index (χ4n) is 5.63. The van der Waals surface area contributed by atoms with E-state index in [1.54, 1.807) is 6.07 Å². The zero-order chi connectivity index (χ0) is 27.0. The van der Waals surface area contributed by atoms with E-state index in [0.29, 0.717) is 45.2 Å². The van der Waals surface area contributed by atoms with E-state index in [9.17, 15) is 9.59 Å². The number of hydrogen-bond acceptors (Lipinski definition) is 7. The van der Waals surface area contributed by atoms with Crippen LogP contribution in [0.2, 0.25) is 5.02 Å². The summed E-state index contributed by atoms with van der Waals surface area (Å²) in [5, 5.41) is 6.83. The summed E-state index contributed by atoms with van der Waals surface area (Å²) in [6, 6.07) is 4.04. The molecule has 1 saturated heterocycles. The van der Waals surface area contributed by atoms with Crippen molar-refractivity contribution in [2.75, 3.05) is 26.0 Å². The molecule has 1 aromatic heterocycles. The highest BCUT2D eigenvalue weighted by atomic mass is 35.5. The molecule has 3 N–H and O–H groups in total. The number of amides is 1. The zero-order valence-corrected chi connectivity index (χ0v) is 23.9. The summed E-state index contributed by atoms with van der Waals surface area (Å²) in [7, 11) is 0. The topological polar surface area (TPSA) is 102 Å². The van der Waals surface area contributed by atoms with Gasteiger partial charge in [0, 0.05) is 46.7 Å². The van der Waals surface area contributed by atoms with E-state index < -0.39 is 5.79 Å². The largest absolute Gasteiger partial charge is 0.448 e. The highest BCUT2D eigenvalue weighted by molar-refractivity contribution is 7.98. The van der Waals surface area contributed by atoms with Crippen LogP contribution in [0.3, 0.4) is 0 Å². The van der Waals surface area contributed by atoms with Gasteiger partial charge in [0.2, 0.25) is 0 Å². The first-order valence-electron chi connectivity index (χ1n) is 13.3. The quantitative estimate of drug-likeness (QED) is 0.405. The third-order valence-electron chi connectivity index (χ3n) is 8.09. The molecule has 2 aliphatic heterocycles. The molecular formula is C28H36ClN3O5S. The van der Waals surface area contributed by atoms with Crippen LogP contribution in [0.25, 0.3) is 0 Å². The highest BCUT2D eigenvalue weighted by Gasteiger charge is 2.47. The molecule has 3 heterocycles. The molecule has 0 spiro atoms. The molecule has 1 aromatic carbocycles. The van der Waals surface area contributed by atoms with Crippen LogP contribution in [0, 0.1) is 25.7 Å². The van der Waals surface area contributed by atoms with Crippen LogP contribution in [0.15, 0.2) is 21.8 Å². The summed E-state index contributed by atoms with van der Waals surface area (Å²) in [6.07, 6.45) is 6.14. The van der Waals surface area contributed by atoms with Gasteiger partial charge in [-0.15, -0.1) is 11.8 Å². The van der Waals surface area contributed by atoms with Gasteiger partial charge in [-0.25, -0.2) is 0 Å². The van der Waals surface area contributed by atoms with Crippen LogP contribution in [-0.4, -0.2) is 48.7 Å². The first-order valence-corrected chi connectivity index (χ1v) is 14.9. The Bertz CT molecular complexity index is 1270. The zero-order valence-electron chi connectivity index (χ0n) is 22.4. The summed E-state index contributed by atoms with van der Waals surface area (Å²) in [4.78, 5) is 29.3. The first-order chi connectivity index (χ1) is 18.2. The average molecular weight is 562 g/mol. The smallest absolute Gasteiger partial charge is 0.254 e. The summed E-state index contributed by atoms with van der Waals surface area (Å²) in [6.45, 7) is 8.43. The molecule has 2 aromatic rings. The van der Waals surface area contributed by atoms with Gasteiger partial charge in [0.15, 0.2) is 11.5 Å². The number of hydrogen-bond donors (Lipinski definition) is 3. The summed E-state index contributed by atoms with van der Waals surface area (Å²) in [5.41, 5.74) is 2.19. The molecule has 10 heteroatoms. The monoisotopic (exact) mass is 561 g/mol. The number of halogens is 1. The van der Waals surface area contributed by atoms with Gasteiger partial charge in [0.1, 0.15) is 0 Å². The highest BCUT2D eigenvalue weighted by Crippen LogP contribution is 2.51. The third kappa shape index (κ3) is 5.43. The van der Waals surface area contributed by atoms with Crippen molar-refractivity contribution < 1.29 is 19.0 Å². The van der Waals surface area contributed by atoms with Gasteiger partial charge < -0.3 is 29.8 Å². The number of fused-ring (bicyclic) bond motifs is 1. The van der Waals surface area contributed by atoms with E-state index in [4.69, 9.17) is 25.8 Å². The maximum Gasteiger partial charge on any atom is 0.254 e. The predicted molar refractivity (Wildman–Crippen MR) is 149 cm³/mol. The standard InChI is InChI=1S/C28H36ClN3O5S/c1-15-9-23(38-4)21(27(34)32-15)12-31-26(33)20-10-22(29)25-24(16(20)2)36-28(3,37-25)18-7-5-17(6-8-18)11-30-19-13-35-14-19/h9-10,17-19,30H,5-8,11-14H2,1-4H3,(H,31,33)(H,32,34)/t17?,18?,28-/m0/s1. The normalized spacial score (nSPS) is 24.8. The van der Waals surface area contributed by atoms with Crippen molar-refractivity contribution in [2.45, 2.75) is 69.7 Å². The SMILES string of the molecule is CSc1cc(C)[nH]c(=O)c1CNC(=O)c1cc(Cl)c2c(c1C)O[C@](C)(C1CCC(CNC3COC3)CC1)O2. The molecule has 0 unspecified atom stereocenters. The Morgan fingerprint density at radius 2 is 1.87 bits per heavy atom. The van der Waals surface area contributed by atoms with E-state index in [-0.39, 0.29) is 23.9 Å². The first kappa shape index (κ1) is 27.4. The second-order valence-electron chi connectivity index (χ2n) is 10.8. The number of aromatic nitrogens is 1. The summed E-state index contributed by atoms with van der Waals surface area (Å²) >= 11 is 8.09. The van der Waals surface area contributed by atoms with Crippen molar-refractivity contribution in [3.63, 3.8) is 0 Å². The van der Waals surface area contributed by atoms with Crippen LogP contribution in [0.5, 0.6) is 11.5 Å². The molecule has 8 nitrogen and oxygen atoms in total. The summed E-state index contributed by atoms with van der Waals surface area (Å²) < 4.78 is 18.1. The predicted octanol–water partition coefficient (Wildman–Crippen LogP) is 4.58. The minimum absolute atomic E-state index is 0.111. The minimum Gasteiger partial charge on any atom is -0.448 e.